The molecule has 0 bridgehead atoms. The summed E-state index contributed by atoms with van der Waals surface area (Å²) in [7, 11) is -0.160. The zero-order valence-electron chi connectivity index (χ0n) is 24.0. The second kappa shape index (κ2) is 21.6. The number of unbranched alkanes of at least 4 members (excludes halogenated alkanes) is 9. The molecular weight excluding hydrogens is 522 g/mol. The summed E-state index contributed by atoms with van der Waals surface area (Å²) in [6, 6.07) is 9.46. The van der Waals surface area contributed by atoms with Gasteiger partial charge in [0.25, 0.3) is 0 Å². The average molecular weight is 571 g/mol. The summed E-state index contributed by atoms with van der Waals surface area (Å²) in [4.78, 5) is 13.5. The van der Waals surface area contributed by atoms with E-state index in [4.69, 9.17) is 25.8 Å². The molecule has 0 heterocycles. The monoisotopic (exact) mass is 570 g/mol. The van der Waals surface area contributed by atoms with Crippen LogP contribution in [-0.2, 0) is 0 Å². The summed E-state index contributed by atoms with van der Waals surface area (Å²) in [5, 5.41) is 1.29. The van der Waals surface area contributed by atoms with Crippen molar-refractivity contribution >= 4 is 49.9 Å². The van der Waals surface area contributed by atoms with Gasteiger partial charge in [-0.1, -0.05) is 102 Å². The van der Waals surface area contributed by atoms with Crippen LogP contribution in [0.1, 0.15) is 114 Å². The van der Waals surface area contributed by atoms with Crippen LogP contribution in [0.5, 0.6) is 17.2 Å². The molecule has 0 aliphatic carbocycles. The van der Waals surface area contributed by atoms with Crippen molar-refractivity contribution in [1.82, 2.24) is 0 Å². The van der Waals surface area contributed by atoms with Crippen molar-refractivity contribution in [2.24, 2.45) is 0 Å². The van der Waals surface area contributed by atoms with E-state index in [1.807, 2.05) is 31.2 Å². The standard InChI is InChI=1S/C32H48ClO4P.Li.H/c1-5-8-11-14-20-35-26-23-28(36-21-15-12-9-6-2)31(29(24-26)37-22-16-13-10-7-3)38-32(34)30-25(4)18-17-19-27(30)33;;/h17-19,23-24,38H,5-16,20-22H2,1-4H3;;. The first-order valence-corrected chi connectivity index (χ1v) is 16.0. The van der Waals surface area contributed by atoms with Crippen LogP contribution in [0.2, 0.25) is 5.02 Å². The van der Waals surface area contributed by atoms with E-state index in [1.165, 1.54) is 38.5 Å². The summed E-state index contributed by atoms with van der Waals surface area (Å²) in [6.45, 7) is 10.4. The average Bonchev–Trinajstić information content (AvgIpc) is 2.89. The minimum absolute atomic E-state index is 0. The Bertz CT molecular complexity index is 914. The van der Waals surface area contributed by atoms with Gasteiger partial charge in [-0.15, -0.1) is 0 Å². The molecule has 0 spiro atoms. The molecule has 0 aliphatic rings. The number of carbonyl (C=O) groups is 1. The van der Waals surface area contributed by atoms with Gasteiger partial charge in [-0.3, -0.25) is 4.79 Å². The minimum atomic E-state index is -0.160. The molecule has 4 nitrogen and oxygen atoms in total. The van der Waals surface area contributed by atoms with Gasteiger partial charge in [-0.05, 0) is 46.4 Å². The predicted molar refractivity (Wildman–Crippen MR) is 171 cm³/mol. The fourth-order valence-corrected chi connectivity index (χ4v) is 5.84. The molecule has 214 valence electrons. The van der Waals surface area contributed by atoms with E-state index < -0.39 is 0 Å². The number of aryl methyl sites for hydroxylation is 1. The molecule has 1 unspecified atom stereocenters. The Balaban J connectivity index is 0.00000760. The third kappa shape index (κ3) is 13.4. The van der Waals surface area contributed by atoms with E-state index in [0.717, 1.165) is 55.1 Å². The molecule has 0 saturated heterocycles. The van der Waals surface area contributed by atoms with E-state index in [1.54, 1.807) is 6.07 Å². The van der Waals surface area contributed by atoms with E-state index >= 15 is 0 Å². The molecule has 2 aromatic carbocycles. The number of ether oxygens (including phenoxy) is 3. The summed E-state index contributed by atoms with van der Waals surface area (Å²) in [5.74, 6) is 2.11. The van der Waals surface area contributed by atoms with Crippen LogP contribution in [0.4, 0.5) is 0 Å². The third-order valence-corrected chi connectivity index (χ3v) is 8.04. The molecule has 0 N–H and O–H groups in total. The van der Waals surface area contributed by atoms with Gasteiger partial charge in [0, 0.05) is 17.7 Å². The van der Waals surface area contributed by atoms with Crippen LogP contribution in [0.25, 0.3) is 0 Å². The summed E-state index contributed by atoms with van der Waals surface area (Å²) >= 11 is 6.45. The van der Waals surface area contributed by atoms with Gasteiger partial charge in [0.15, 0.2) is 5.52 Å². The Morgan fingerprint density at radius 2 is 1.23 bits per heavy atom. The van der Waals surface area contributed by atoms with Crippen LogP contribution in [-0.4, -0.2) is 44.2 Å². The van der Waals surface area contributed by atoms with E-state index in [2.05, 4.69) is 20.8 Å². The fourth-order valence-electron chi connectivity index (χ4n) is 4.24. The molecule has 0 radical (unpaired) electrons. The molecule has 1 atom stereocenters. The first-order chi connectivity index (χ1) is 18.5. The Kier molecular flexibility index (Phi) is 19.8. The van der Waals surface area contributed by atoms with Gasteiger partial charge < -0.3 is 14.2 Å². The van der Waals surface area contributed by atoms with Crippen molar-refractivity contribution in [2.75, 3.05) is 19.8 Å². The number of halogens is 1. The van der Waals surface area contributed by atoms with Gasteiger partial charge >= 0.3 is 18.9 Å². The Labute approximate surface area is 256 Å². The quantitative estimate of drug-likeness (QED) is 0.0853. The molecule has 39 heavy (non-hydrogen) atoms. The maximum absolute atomic E-state index is 13.5. The normalized spacial score (nSPS) is 11.0. The molecular formula is C32H49ClLiO4P. The molecule has 0 saturated carbocycles. The van der Waals surface area contributed by atoms with Crippen LogP contribution < -0.4 is 19.5 Å². The van der Waals surface area contributed by atoms with E-state index in [-0.39, 0.29) is 33.0 Å². The van der Waals surface area contributed by atoms with Gasteiger partial charge in [0.05, 0.1) is 30.1 Å². The fraction of sp³-hybridized carbons (Fsp3) is 0.594. The SMILES string of the molecule is CCCCCCOc1cc(OCCCCCC)c(PC(=O)c2c(C)cccc2Cl)c(OCCCCCC)c1.[LiH]. The molecule has 0 fully saturated rings. The zero-order valence-corrected chi connectivity index (χ0v) is 25.8. The van der Waals surface area contributed by atoms with Gasteiger partial charge in [-0.25, -0.2) is 0 Å². The first kappa shape index (κ1) is 35.9. The van der Waals surface area contributed by atoms with Crippen molar-refractivity contribution in [3.8, 4) is 17.2 Å². The molecule has 7 heteroatoms. The van der Waals surface area contributed by atoms with Crippen LogP contribution in [0.15, 0.2) is 30.3 Å². The van der Waals surface area contributed by atoms with E-state index in [9.17, 15) is 4.79 Å². The van der Waals surface area contributed by atoms with Gasteiger partial charge in [0.1, 0.15) is 17.2 Å². The van der Waals surface area contributed by atoms with Gasteiger partial charge in [0.2, 0.25) is 0 Å². The third-order valence-electron chi connectivity index (χ3n) is 6.50. The molecule has 2 rings (SSSR count). The van der Waals surface area contributed by atoms with Crippen LogP contribution in [0, 0.1) is 6.92 Å². The maximum atomic E-state index is 13.5. The van der Waals surface area contributed by atoms with Gasteiger partial charge in [-0.2, -0.15) is 0 Å². The van der Waals surface area contributed by atoms with Crippen molar-refractivity contribution in [3.05, 3.63) is 46.5 Å². The number of rotatable bonds is 21. The van der Waals surface area contributed by atoms with Crippen LogP contribution in [0.3, 0.4) is 0 Å². The number of hydrogen-bond acceptors (Lipinski definition) is 4. The first-order valence-electron chi connectivity index (χ1n) is 14.6. The zero-order chi connectivity index (χ0) is 27.6. The number of carbonyl (C=O) groups excluding carboxylic acids is 1. The second-order valence-corrected chi connectivity index (χ2v) is 11.5. The predicted octanol–water partition coefficient (Wildman–Crippen LogP) is 9.02. The molecule has 0 aliphatic heterocycles. The van der Waals surface area contributed by atoms with E-state index in [0.29, 0.717) is 41.9 Å². The summed E-state index contributed by atoms with van der Waals surface area (Å²) < 4.78 is 18.8. The van der Waals surface area contributed by atoms with Crippen molar-refractivity contribution < 1.29 is 19.0 Å². The number of hydrogen-bond donors (Lipinski definition) is 0. The molecule has 2 aromatic rings. The Morgan fingerprint density at radius 1 is 0.744 bits per heavy atom. The van der Waals surface area contributed by atoms with Crippen LogP contribution >= 0.6 is 20.2 Å². The summed E-state index contributed by atoms with van der Waals surface area (Å²) in [5.41, 5.74) is 1.45. The summed E-state index contributed by atoms with van der Waals surface area (Å²) in [6.07, 6.45) is 13.5. The Morgan fingerprint density at radius 3 is 1.69 bits per heavy atom. The number of benzene rings is 2. The molecule has 0 amide bonds. The van der Waals surface area contributed by atoms with Crippen molar-refractivity contribution in [3.63, 3.8) is 0 Å². The van der Waals surface area contributed by atoms with Crippen molar-refractivity contribution in [1.29, 1.82) is 0 Å². The van der Waals surface area contributed by atoms with Crippen molar-refractivity contribution in [2.45, 2.75) is 105 Å². The Hall–Kier alpha value is -1.17. The second-order valence-electron chi connectivity index (χ2n) is 9.91. The topological polar surface area (TPSA) is 44.8 Å². The molecule has 0 aromatic heterocycles.